The predicted octanol–water partition coefficient (Wildman–Crippen LogP) is 2.76. The van der Waals surface area contributed by atoms with E-state index < -0.39 is 0 Å². The summed E-state index contributed by atoms with van der Waals surface area (Å²) in [4.78, 5) is 2.37. The van der Waals surface area contributed by atoms with Crippen LogP contribution in [0.15, 0.2) is 48.5 Å². The minimum absolute atomic E-state index is 0.00347. The molecule has 2 aromatic rings. The fourth-order valence-electron chi connectivity index (χ4n) is 2.81. The van der Waals surface area contributed by atoms with Crippen molar-refractivity contribution in [1.82, 2.24) is 0 Å². The fraction of sp³-hybridized carbons (Fsp3) is 0.294. The number of fused-ring (bicyclic) bond motifs is 1. The second kappa shape index (κ2) is 5.55. The van der Waals surface area contributed by atoms with E-state index in [-0.39, 0.29) is 6.04 Å². The van der Waals surface area contributed by atoms with Crippen molar-refractivity contribution in [3.8, 4) is 5.75 Å². The molecule has 3 heteroatoms. The first-order valence-electron chi connectivity index (χ1n) is 7.00. The molecule has 20 heavy (non-hydrogen) atoms. The molecule has 1 heterocycles. The SMILES string of the molecule is COc1cccc(C(N)CN2CCc3ccccc32)c1. The quantitative estimate of drug-likeness (QED) is 0.926. The van der Waals surface area contributed by atoms with Gasteiger partial charge in [-0.05, 0) is 35.7 Å². The first-order chi connectivity index (χ1) is 9.78. The van der Waals surface area contributed by atoms with Crippen LogP contribution in [0.2, 0.25) is 0 Å². The van der Waals surface area contributed by atoms with Crippen LogP contribution in [0.1, 0.15) is 17.2 Å². The second-order valence-electron chi connectivity index (χ2n) is 5.21. The molecule has 104 valence electrons. The van der Waals surface area contributed by atoms with E-state index in [2.05, 4.69) is 35.2 Å². The van der Waals surface area contributed by atoms with Crippen LogP contribution in [0, 0.1) is 0 Å². The summed E-state index contributed by atoms with van der Waals surface area (Å²) < 4.78 is 5.26. The second-order valence-corrected chi connectivity index (χ2v) is 5.21. The first-order valence-corrected chi connectivity index (χ1v) is 7.00. The van der Waals surface area contributed by atoms with E-state index in [1.807, 2.05) is 18.2 Å². The highest BCUT2D eigenvalue weighted by Gasteiger charge is 2.20. The molecule has 1 atom stereocenters. The Labute approximate surface area is 120 Å². The highest BCUT2D eigenvalue weighted by atomic mass is 16.5. The summed E-state index contributed by atoms with van der Waals surface area (Å²) >= 11 is 0. The summed E-state index contributed by atoms with van der Waals surface area (Å²) in [5.41, 5.74) is 10.2. The Bertz CT molecular complexity index is 597. The molecule has 0 aliphatic carbocycles. The van der Waals surface area contributed by atoms with Crippen molar-refractivity contribution in [1.29, 1.82) is 0 Å². The van der Waals surface area contributed by atoms with Crippen LogP contribution in [0.5, 0.6) is 5.75 Å². The van der Waals surface area contributed by atoms with Gasteiger partial charge in [0, 0.05) is 24.8 Å². The third-order valence-electron chi connectivity index (χ3n) is 3.92. The van der Waals surface area contributed by atoms with Crippen LogP contribution in [0.4, 0.5) is 5.69 Å². The van der Waals surface area contributed by atoms with Crippen molar-refractivity contribution in [2.24, 2.45) is 5.73 Å². The number of nitrogens with zero attached hydrogens (tertiary/aromatic N) is 1. The molecule has 1 aliphatic rings. The molecule has 0 saturated carbocycles. The topological polar surface area (TPSA) is 38.5 Å². The molecule has 0 radical (unpaired) electrons. The lowest BCUT2D eigenvalue weighted by Crippen LogP contribution is -2.30. The number of hydrogen-bond donors (Lipinski definition) is 1. The molecule has 0 aromatic heterocycles. The number of rotatable bonds is 4. The van der Waals surface area contributed by atoms with Crippen molar-refractivity contribution >= 4 is 5.69 Å². The molecule has 0 saturated heterocycles. The maximum absolute atomic E-state index is 6.36. The minimum atomic E-state index is -0.00347. The van der Waals surface area contributed by atoms with Crippen molar-refractivity contribution in [3.63, 3.8) is 0 Å². The molecule has 2 N–H and O–H groups in total. The van der Waals surface area contributed by atoms with Crippen LogP contribution >= 0.6 is 0 Å². The number of hydrogen-bond acceptors (Lipinski definition) is 3. The maximum atomic E-state index is 6.36. The fourth-order valence-corrected chi connectivity index (χ4v) is 2.81. The molecule has 0 fully saturated rings. The summed E-state index contributed by atoms with van der Waals surface area (Å²) in [6.45, 7) is 1.89. The van der Waals surface area contributed by atoms with E-state index in [1.54, 1.807) is 7.11 Å². The third kappa shape index (κ3) is 2.49. The van der Waals surface area contributed by atoms with Crippen molar-refractivity contribution in [2.75, 3.05) is 25.1 Å². The summed E-state index contributed by atoms with van der Waals surface area (Å²) in [5, 5.41) is 0. The largest absolute Gasteiger partial charge is 0.497 e. The van der Waals surface area contributed by atoms with E-state index in [0.29, 0.717) is 0 Å². The van der Waals surface area contributed by atoms with Gasteiger partial charge in [-0.25, -0.2) is 0 Å². The van der Waals surface area contributed by atoms with Gasteiger partial charge in [-0.2, -0.15) is 0 Å². The highest BCUT2D eigenvalue weighted by Crippen LogP contribution is 2.29. The Morgan fingerprint density at radius 2 is 2.05 bits per heavy atom. The Kier molecular flexibility index (Phi) is 3.61. The van der Waals surface area contributed by atoms with Crippen molar-refractivity contribution < 1.29 is 4.74 Å². The van der Waals surface area contributed by atoms with E-state index in [4.69, 9.17) is 10.5 Å². The van der Waals surface area contributed by atoms with E-state index in [1.165, 1.54) is 11.3 Å². The zero-order valence-electron chi connectivity index (χ0n) is 11.8. The molecule has 0 amide bonds. The molecular weight excluding hydrogens is 248 g/mol. The molecule has 2 aromatic carbocycles. The molecule has 1 unspecified atom stereocenters. The first kappa shape index (κ1) is 13.0. The highest BCUT2D eigenvalue weighted by molar-refractivity contribution is 5.58. The Hall–Kier alpha value is -2.00. The van der Waals surface area contributed by atoms with Crippen LogP contribution in [0.3, 0.4) is 0 Å². The van der Waals surface area contributed by atoms with Gasteiger partial charge in [-0.1, -0.05) is 30.3 Å². The number of ether oxygens (including phenoxy) is 1. The van der Waals surface area contributed by atoms with Gasteiger partial charge in [0.2, 0.25) is 0 Å². The summed E-state index contributed by atoms with van der Waals surface area (Å²) in [5.74, 6) is 0.861. The molecule has 3 rings (SSSR count). The number of benzene rings is 2. The zero-order chi connectivity index (χ0) is 13.9. The van der Waals surface area contributed by atoms with Gasteiger partial charge in [-0.3, -0.25) is 0 Å². The normalized spacial score (nSPS) is 15.0. The van der Waals surface area contributed by atoms with E-state index in [9.17, 15) is 0 Å². The average Bonchev–Trinajstić information content (AvgIpc) is 2.90. The molecule has 1 aliphatic heterocycles. The number of anilines is 1. The minimum Gasteiger partial charge on any atom is -0.497 e. The molecule has 0 spiro atoms. The smallest absolute Gasteiger partial charge is 0.119 e. The van der Waals surface area contributed by atoms with Crippen LogP contribution in [0.25, 0.3) is 0 Å². The van der Waals surface area contributed by atoms with Gasteiger partial charge in [0.25, 0.3) is 0 Å². The van der Waals surface area contributed by atoms with Crippen LogP contribution < -0.4 is 15.4 Å². The Balaban J connectivity index is 1.75. The zero-order valence-corrected chi connectivity index (χ0v) is 11.8. The van der Waals surface area contributed by atoms with Gasteiger partial charge >= 0.3 is 0 Å². The van der Waals surface area contributed by atoms with E-state index in [0.717, 1.165) is 30.8 Å². The summed E-state index contributed by atoms with van der Waals surface area (Å²) in [7, 11) is 1.68. The number of para-hydroxylation sites is 1. The lowest BCUT2D eigenvalue weighted by Gasteiger charge is -2.24. The van der Waals surface area contributed by atoms with Crippen molar-refractivity contribution in [3.05, 3.63) is 59.7 Å². The van der Waals surface area contributed by atoms with Crippen LogP contribution in [-0.2, 0) is 6.42 Å². The van der Waals surface area contributed by atoms with Gasteiger partial charge in [0.1, 0.15) is 5.75 Å². The maximum Gasteiger partial charge on any atom is 0.119 e. The third-order valence-corrected chi connectivity index (χ3v) is 3.92. The average molecular weight is 268 g/mol. The van der Waals surface area contributed by atoms with E-state index >= 15 is 0 Å². The Morgan fingerprint density at radius 3 is 2.90 bits per heavy atom. The molecule has 0 bridgehead atoms. The summed E-state index contributed by atoms with van der Waals surface area (Å²) in [6, 6.07) is 16.6. The molecule has 3 nitrogen and oxygen atoms in total. The van der Waals surface area contributed by atoms with Crippen LogP contribution in [-0.4, -0.2) is 20.2 Å². The van der Waals surface area contributed by atoms with Crippen molar-refractivity contribution in [2.45, 2.75) is 12.5 Å². The lowest BCUT2D eigenvalue weighted by atomic mass is 10.1. The predicted molar refractivity (Wildman–Crippen MR) is 82.3 cm³/mol. The monoisotopic (exact) mass is 268 g/mol. The number of nitrogens with two attached hydrogens (primary N) is 1. The van der Waals surface area contributed by atoms with Gasteiger partial charge in [-0.15, -0.1) is 0 Å². The van der Waals surface area contributed by atoms with Gasteiger partial charge < -0.3 is 15.4 Å². The number of methoxy groups -OCH3 is 1. The lowest BCUT2D eigenvalue weighted by molar-refractivity contribution is 0.414. The Morgan fingerprint density at radius 1 is 1.20 bits per heavy atom. The summed E-state index contributed by atoms with van der Waals surface area (Å²) in [6.07, 6.45) is 1.11. The molecular formula is C17H20N2O. The standard InChI is InChI=1S/C17H20N2O/c1-20-15-7-4-6-14(11-15)16(18)12-19-10-9-13-5-2-3-8-17(13)19/h2-8,11,16H,9-10,12,18H2,1H3. The van der Waals surface area contributed by atoms with Gasteiger partial charge in [0.05, 0.1) is 7.11 Å². The van der Waals surface area contributed by atoms with Gasteiger partial charge in [0.15, 0.2) is 0 Å².